The maximum absolute atomic E-state index is 11.5. The molecule has 0 bridgehead atoms. The van der Waals surface area contributed by atoms with Gasteiger partial charge in [0, 0.05) is 33.0 Å². The summed E-state index contributed by atoms with van der Waals surface area (Å²) in [5.41, 5.74) is 1.09. The van der Waals surface area contributed by atoms with Crippen molar-refractivity contribution in [3.05, 3.63) is 29.8 Å². The molecule has 28 heavy (non-hydrogen) atoms. The van der Waals surface area contributed by atoms with Crippen LogP contribution in [0.5, 0.6) is 0 Å². The van der Waals surface area contributed by atoms with Crippen LogP contribution in [0.25, 0.3) is 0 Å². The smallest absolute Gasteiger partial charge is 0.190 e. The fourth-order valence-electron chi connectivity index (χ4n) is 3.21. The van der Waals surface area contributed by atoms with E-state index < -0.39 is 9.84 Å². The van der Waals surface area contributed by atoms with E-state index in [0.29, 0.717) is 11.0 Å². The van der Waals surface area contributed by atoms with Crippen LogP contribution in [0.15, 0.2) is 34.2 Å². The Kier molecular flexibility index (Phi) is 12.0. The molecule has 0 unspecified atom stereocenters. The van der Waals surface area contributed by atoms with Crippen molar-refractivity contribution >= 4 is 39.8 Å². The van der Waals surface area contributed by atoms with Crippen molar-refractivity contribution in [1.82, 2.24) is 10.6 Å². The Balaban J connectivity index is 0.00000392. The second-order valence-corrected chi connectivity index (χ2v) is 9.09. The summed E-state index contributed by atoms with van der Waals surface area (Å²) in [7, 11) is -1.38. The van der Waals surface area contributed by atoms with Crippen molar-refractivity contribution in [3.63, 3.8) is 0 Å². The topological polar surface area (TPSA) is 79.8 Å². The van der Waals surface area contributed by atoms with Gasteiger partial charge < -0.3 is 15.4 Å². The third-order valence-corrected chi connectivity index (χ3v) is 5.93. The average molecular weight is 523 g/mol. The van der Waals surface area contributed by atoms with Gasteiger partial charge in [0.15, 0.2) is 15.8 Å². The second kappa shape index (κ2) is 13.4. The number of ether oxygens (including phenoxy) is 1. The van der Waals surface area contributed by atoms with Crippen molar-refractivity contribution in [3.8, 4) is 0 Å². The molecule has 1 aromatic rings. The normalized spacial score (nSPS) is 15.7. The lowest BCUT2D eigenvalue weighted by molar-refractivity contribution is 0.0277. The predicted octanol–water partition coefficient (Wildman–Crippen LogP) is 3.16. The molecule has 0 aromatic heterocycles. The third kappa shape index (κ3) is 9.56. The molecule has 0 saturated heterocycles. The van der Waals surface area contributed by atoms with E-state index in [1.807, 2.05) is 12.1 Å². The Hall–Kier alpha value is -0.870. The molecular formula is C20H34IN3O3S. The molecule has 2 N–H and O–H groups in total. The van der Waals surface area contributed by atoms with Gasteiger partial charge in [-0.1, -0.05) is 31.4 Å². The summed E-state index contributed by atoms with van der Waals surface area (Å²) in [6.07, 6.45) is 9.83. The van der Waals surface area contributed by atoms with Crippen LogP contribution in [-0.2, 0) is 21.0 Å². The first-order valence-corrected chi connectivity index (χ1v) is 11.7. The van der Waals surface area contributed by atoms with Gasteiger partial charge in [-0.3, -0.25) is 4.99 Å². The van der Waals surface area contributed by atoms with Crippen molar-refractivity contribution in [1.29, 1.82) is 0 Å². The van der Waals surface area contributed by atoms with Crippen molar-refractivity contribution < 1.29 is 13.2 Å². The van der Waals surface area contributed by atoms with Gasteiger partial charge in [0.1, 0.15) is 0 Å². The first-order chi connectivity index (χ1) is 13.0. The molecule has 1 aliphatic carbocycles. The Morgan fingerprint density at radius 3 is 2.36 bits per heavy atom. The number of sulfone groups is 1. The summed E-state index contributed by atoms with van der Waals surface area (Å²) in [6, 6.07) is 7.03. The van der Waals surface area contributed by atoms with Gasteiger partial charge in [-0.05, 0) is 43.4 Å². The van der Waals surface area contributed by atoms with Gasteiger partial charge in [0.2, 0.25) is 0 Å². The number of nitrogens with one attached hydrogen (secondary N) is 2. The number of nitrogens with zero attached hydrogens (tertiary/aromatic N) is 1. The van der Waals surface area contributed by atoms with E-state index in [-0.39, 0.29) is 24.0 Å². The number of rotatable bonds is 9. The monoisotopic (exact) mass is 523 g/mol. The molecule has 1 fully saturated rings. The summed E-state index contributed by atoms with van der Waals surface area (Å²) < 4.78 is 28.9. The summed E-state index contributed by atoms with van der Waals surface area (Å²) >= 11 is 0. The maximum atomic E-state index is 11.5. The first kappa shape index (κ1) is 25.2. The van der Waals surface area contributed by atoms with E-state index in [9.17, 15) is 8.42 Å². The van der Waals surface area contributed by atoms with E-state index in [2.05, 4.69) is 15.6 Å². The average Bonchev–Trinajstić information content (AvgIpc) is 2.67. The highest BCUT2D eigenvalue weighted by atomic mass is 127. The highest BCUT2D eigenvalue weighted by molar-refractivity contribution is 14.0. The van der Waals surface area contributed by atoms with Crippen LogP contribution in [0.3, 0.4) is 0 Å². The summed E-state index contributed by atoms with van der Waals surface area (Å²) in [6.45, 7) is 2.35. The zero-order valence-electron chi connectivity index (χ0n) is 16.9. The molecule has 6 nitrogen and oxygen atoms in total. The van der Waals surface area contributed by atoms with Crippen LogP contribution in [0.2, 0.25) is 0 Å². The molecule has 0 radical (unpaired) electrons. The van der Waals surface area contributed by atoms with Crippen LogP contribution in [0, 0.1) is 0 Å². The highest BCUT2D eigenvalue weighted by Crippen LogP contribution is 2.20. The zero-order valence-corrected chi connectivity index (χ0v) is 20.1. The molecule has 1 aromatic carbocycles. The second-order valence-electron chi connectivity index (χ2n) is 7.08. The van der Waals surface area contributed by atoms with Crippen LogP contribution in [-0.4, -0.2) is 53.5 Å². The van der Waals surface area contributed by atoms with Gasteiger partial charge >= 0.3 is 0 Å². The largest absolute Gasteiger partial charge is 0.378 e. The van der Waals surface area contributed by atoms with Gasteiger partial charge in [0.25, 0.3) is 0 Å². The maximum Gasteiger partial charge on any atom is 0.190 e. The van der Waals surface area contributed by atoms with Crippen LogP contribution < -0.4 is 10.6 Å². The Bertz CT molecular complexity index is 687. The van der Waals surface area contributed by atoms with E-state index in [0.717, 1.165) is 44.1 Å². The lowest BCUT2D eigenvalue weighted by Crippen LogP contribution is -2.39. The van der Waals surface area contributed by atoms with E-state index in [1.165, 1.54) is 38.4 Å². The number of halogens is 1. The van der Waals surface area contributed by atoms with E-state index in [4.69, 9.17) is 4.74 Å². The molecular weight excluding hydrogens is 489 g/mol. The lowest BCUT2D eigenvalue weighted by Gasteiger charge is -2.22. The minimum Gasteiger partial charge on any atom is -0.378 e. The quantitative estimate of drug-likeness (QED) is 0.225. The van der Waals surface area contributed by atoms with Crippen LogP contribution in [0.1, 0.15) is 44.1 Å². The number of hydrogen-bond acceptors (Lipinski definition) is 4. The fourth-order valence-corrected chi connectivity index (χ4v) is 3.84. The van der Waals surface area contributed by atoms with Gasteiger partial charge in [-0.25, -0.2) is 8.42 Å². The Labute approximate surface area is 186 Å². The number of benzene rings is 1. The van der Waals surface area contributed by atoms with Crippen molar-refractivity contribution in [2.45, 2.75) is 55.9 Å². The SMILES string of the molecule is CN=C(NCCCOC1CCCCC1)NCCc1ccc(S(C)(=O)=O)cc1.I. The van der Waals surface area contributed by atoms with Gasteiger partial charge in [0.05, 0.1) is 11.0 Å². The van der Waals surface area contributed by atoms with Crippen LogP contribution >= 0.6 is 24.0 Å². The Morgan fingerprint density at radius 2 is 1.75 bits per heavy atom. The molecule has 0 spiro atoms. The predicted molar refractivity (Wildman–Crippen MR) is 125 cm³/mol. The van der Waals surface area contributed by atoms with Gasteiger partial charge in [-0.15, -0.1) is 24.0 Å². The van der Waals surface area contributed by atoms with Crippen LogP contribution in [0.4, 0.5) is 0 Å². The zero-order chi connectivity index (χ0) is 19.5. The molecule has 0 heterocycles. The summed E-state index contributed by atoms with van der Waals surface area (Å²) in [5.74, 6) is 0.778. The minimum atomic E-state index is -3.13. The highest BCUT2D eigenvalue weighted by Gasteiger charge is 2.13. The number of aliphatic imine (C=N–C) groups is 1. The fraction of sp³-hybridized carbons (Fsp3) is 0.650. The first-order valence-electron chi connectivity index (χ1n) is 9.84. The lowest BCUT2D eigenvalue weighted by atomic mass is 9.98. The standard InChI is InChI=1S/C20H33N3O3S.HI/c1-21-20(22-14-6-16-26-18-7-4-3-5-8-18)23-15-13-17-9-11-19(12-10-17)27(2,24)25;/h9-12,18H,3-8,13-16H2,1-2H3,(H2,21,22,23);1H. The number of guanidine groups is 1. The molecule has 1 aliphatic rings. The van der Waals surface area contributed by atoms with Crippen molar-refractivity contribution in [2.24, 2.45) is 4.99 Å². The molecule has 0 aliphatic heterocycles. The molecule has 1 saturated carbocycles. The molecule has 160 valence electrons. The summed E-state index contributed by atoms with van der Waals surface area (Å²) in [5, 5.41) is 6.58. The summed E-state index contributed by atoms with van der Waals surface area (Å²) in [4.78, 5) is 4.58. The minimum absolute atomic E-state index is 0. The van der Waals surface area contributed by atoms with Crippen molar-refractivity contribution in [2.75, 3.05) is 33.0 Å². The number of hydrogen-bond donors (Lipinski definition) is 2. The third-order valence-electron chi connectivity index (χ3n) is 4.80. The Morgan fingerprint density at radius 1 is 1.11 bits per heavy atom. The molecule has 2 rings (SSSR count). The van der Waals surface area contributed by atoms with E-state index in [1.54, 1.807) is 19.2 Å². The molecule has 8 heteroatoms. The van der Waals surface area contributed by atoms with E-state index >= 15 is 0 Å². The molecule has 0 amide bonds. The van der Waals surface area contributed by atoms with Gasteiger partial charge in [-0.2, -0.15) is 0 Å². The molecule has 0 atom stereocenters.